The third-order valence-electron chi connectivity index (χ3n) is 3.49. The molecule has 17 heavy (non-hydrogen) atoms. The van der Waals surface area contributed by atoms with Gasteiger partial charge < -0.3 is 4.74 Å². The molecule has 4 heteroatoms. The zero-order chi connectivity index (χ0) is 12.4. The smallest absolute Gasteiger partial charge is 0.0771 e. The Morgan fingerprint density at radius 1 is 1.47 bits per heavy atom. The lowest BCUT2D eigenvalue weighted by Gasteiger charge is -2.23. The molecule has 0 amide bonds. The number of alkyl halides is 1. The van der Waals surface area contributed by atoms with Gasteiger partial charge in [0.15, 0.2) is 0 Å². The lowest BCUT2D eigenvalue weighted by molar-refractivity contribution is 0.00360. The molecule has 2 heterocycles. The van der Waals surface area contributed by atoms with E-state index in [2.05, 4.69) is 16.7 Å². The Morgan fingerprint density at radius 2 is 2.24 bits per heavy atom. The maximum atomic E-state index is 6.19. The molecule has 1 saturated heterocycles. The number of ether oxygens (including phenoxy) is 1. The van der Waals surface area contributed by atoms with Gasteiger partial charge in [-0.2, -0.15) is 5.10 Å². The summed E-state index contributed by atoms with van der Waals surface area (Å²) in [5.41, 5.74) is 3.39. The molecule has 0 radical (unpaired) electrons. The highest BCUT2D eigenvalue weighted by atomic mass is 35.5. The third kappa shape index (κ3) is 2.83. The molecule has 0 aromatic carbocycles. The SMILES string of the molecule is Cc1nn(CC2CCCCO2)c(C)c1C(C)Cl. The molecule has 0 aliphatic carbocycles. The first-order valence-corrected chi connectivity index (χ1v) is 6.82. The molecule has 0 bridgehead atoms. The summed E-state index contributed by atoms with van der Waals surface area (Å²) in [4.78, 5) is 0. The largest absolute Gasteiger partial charge is 0.376 e. The van der Waals surface area contributed by atoms with Crippen LogP contribution in [-0.4, -0.2) is 22.5 Å². The molecule has 1 fully saturated rings. The van der Waals surface area contributed by atoms with Crippen molar-refractivity contribution >= 4 is 11.6 Å². The maximum absolute atomic E-state index is 6.19. The molecule has 1 aromatic heterocycles. The highest BCUT2D eigenvalue weighted by molar-refractivity contribution is 6.20. The highest BCUT2D eigenvalue weighted by Crippen LogP contribution is 2.27. The van der Waals surface area contributed by atoms with E-state index in [0.717, 1.165) is 25.3 Å². The van der Waals surface area contributed by atoms with Crippen LogP contribution in [0.4, 0.5) is 0 Å². The van der Waals surface area contributed by atoms with Gasteiger partial charge in [-0.05, 0) is 40.0 Å². The molecule has 1 aliphatic rings. The van der Waals surface area contributed by atoms with Crippen LogP contribution in [0.25, 0.3) is 0 Å². The van der Waals surface area contributed by atoms with Crippen LogP contribution in [0.2, 0.25) is 0 Å². The standard InChI is InChI=1S/C13H21ClN2O/c1-9(14)13-10(2)15-16(11(13)3)8-12-6-4-5-7-17-12/h9,12H,4-8H2,1-3H3. The van der Waals surface area contributed by atoms with Crippen molar-refractivity contribution in [2.45, 2.75) is 58.1 Å². The quantitative estimate of drug-likeness (QED) is 0.776. The highest BCUT2D eigenvalue weighted by Gasteiger charge is 2.20. The predicted octanol–water partition coefficient (Wildman–Crippen LogP) is 3.37. The van der Waals surface area contributed by atoms with E-state index >= 15 is 0 Å². The zero-order valence-corrected chi connectivity index (χ0v) is 11.6. The molecular weight excluding hydrogens is 236 g/mol. The van der Waals surface area contributed by atoms with Crippen molar-refractivity contribution < 1.29 is 4.74 Å². The fourth-order valence-electron chi connectivity index (χ4n) is 2.61. The topological polar surface area (TPSA) is 27.1 Å². The Kier molecular flexibility index (Phi) is 4.10. The van der Waals surface area contributed by atoms with Gasteiger partial charge in [0.05, 0.1) is 23.7 Å². The molecule has 2 unspecified atom stereocenters. The summed E-state index contributed by atoms with van der Waals surface area (Å²) in [6.07, 6.45) is 3.92. The van der Waals surface area contributed by atoms with Crippen LogP contribution in [-0.2, 0) is 11.3 Å². The molecule has 0 spiro atoms. The number of hydrogen-bond acceptors (Lipinski definition) is 2. The van der Waals surface area contributed by atoms with E-state index in [0.29, 0.717) is 6.10 Å². The van der Waals surface area contributed by atoms with Crippen molar-refractivity contribution in [3.8, 4) is 0 Å². The van der Waals surface area contributed by atoms with E-state index in [-0.39, 0.29) is 5.38 Å². The van der Waals surface area contributed by atoms with E-state index in [9.17, 15) is 0 Å². The van der Waals surface area contributed by atoms with E-state index in [1.165, 1.54) is 24.1 Å². The maximum Gasteiger partial charge on any atom is 0.0771 e. The summed E-state index contributed by atoms with van der Waals surface area (Å²) in [5, 5.41) is 4.60. The average molecular weight is 257 g/mol. The second-order valence-corrected chi connectivity index (χ2v) is 5.53. The Hall–Kier alpha value is -0.540. The van der Waals surface area contributed by atoms with Crippen LogP contribution in [0, 0.1) is 13.8 Å². The summed E-state index contributed by atoms with van der Waals surface area (Å²) >= 11 is 6.19. The molecule has 0 N–H and O–H groups in total. The van der Waals surface area contributed by atoms with E-state index in [4.69, 9.17) is 16.3 Å². The molecule has 2 rings (SSSR count). The van der Waals surface area contributed by atoms with Crippen molar-refractivity contribution in [2.24, 2.45) is 0 Å². The van der Waals surface area contributed by atoms with Crippen molar-refractivity contribution in [1.82, 2.24) is 9.78 Å². The average Bonchev–Trinajstić information content (AvgIpc) is 2.55. The van der Waals surface area contributed by atoms with Crippen LogP contribution >= 0.6 is 11.6 Å². The summed E-state index contributed by atoms with van der Waals surface area (Å²) in [6.45, 7) is 7.87. The fourth-order valence-corrected chi connectivity index (χ4v) is 2.92. The van der Waals surface area contributed by atoms with Crippen LogP contribution in [0.15, 0.2) is 0 Å². The van der Waals surface area contributed by atoms with Crippen LogP contribution < -0.4 is 0 Å². The first kappa shape index (κ1) is 12.9. The number of aromatic nitrogens is 2. The zero-order valence-electron chi connectivity index (χ0n) is 10.9. The summed E-state index contributed by atoms with van der Waals surface area (Å²) in [7, 11) is 0. The van der Waals surface area contributed by atoms with Crippen molar-refractivity contribution in [3.05, 3.63) is 17.0 Å². The van der Waals surface area contributed by atoms with Crippen molar-refractivity contribution in [2.75, 3.05) is 6.61 Å². The van der Waals surface area contributed by atoms with Gasteiger partial charge in [0.2, 0.25) is 0 Å². The van der Waals surface area contributed by atoms with Gasteiger partial charge in [-0.1, -0.05) is 0 Å². The molecular formula is C13H21ClN2O. The number of rotatable bonds is 3. The number of halogens is 1. The second-order valence-electron chi connectivity index (χ2n) is 4.87. The molecule has 96 valence electrons. The summed E-state index contributed by atoms with van der Waals surface area (Å²) in [5.74, 6) is 0. The summed E-state index contributed by atoms with van der Waals surface area (Å²) in [6, 6.07) is 0. The minimum Gasteiger partial charge on any atom is -0.376 e. The van der Waals surface area contributed by atoms with Gasteiger partial charge in [-0.3, -0.25) is 4.68 Å². The first-order valence-electron chi connectivity index (χ1n) is 6.39. The van der Waals surface area contributed by atoms with Gasteiger partial charge in [-0.15, -0.1) is 11.6 Å². The second kappa shape index (κ2) is 5.40. The van der Waals surface area contributed by atoms with Crippen molar-refractivity contribution in [1.29, 1.82) is 0 Å². The van der Waals surface area contributed by atoms with Crippen LogP contribution in [0.3, 0.4) is 0 Å². The van der Waals surface area contributed by atoms with E-state index in [1.54, 1.807) is 0 Å². The molecule has 1 aromatic rings. The first-order chi connectivity index (χ1) is 8.09. The lowest BCUT2D eigenvalue weighted by atomic mass is 10.1. The number of aryl methyl sites for hydroxylation is 1. The molecule has 2 atom stereocenters. The summed E-state index contributed by atoms with van der Waals surface area (Å²) < 4.78 is 7.81. The van der Waals surface area contributed by atoms with Gasteiger partial charge >= 0.3 is 0 Å². The minimum atomic E-state index is 0.0241. The lowest BCUT2D eigenvalue weighted by Crippen LogP contribution is -2.25. The Morgan fingerprint density at radius 3 is 2.76 bits per heavy atom. The third-order valence-corrected chi connectivity index (χ3v) is 3.70. The van der Waals surface area contributed by atoms with E-state index < -0.39 is 0 Å². The molecule has 0 saturated carbocycles. The Labute approximate surface area is 108 Å². The number of hydrogen-bond donors (Lipinski definition) is 0. The van der Waals surface area contributed by atoms with Gasteiger partial charge in [-0.25, -0.2) is 0 Å². The molecule has 3 nitrogen and oxygen atoms in total. The molecule has 1 aliphatic heterocycles. The normalized spacial score (nSPS) is 22.7. The van der Waals surface area contributed by atoms with Crippen LogP contribution in [0.5, 0.6) is 0 Å². The Balaban J connectivity index is 2.13. The Bertz CT molecular complexity index is 381. The van der Waals surface area contributed by atoms with Crippen molar-refractivity contribution in [3.63, 3.8) is 0 Å². The monoisotopic (exact) mass is 256 g/mol. The van der Waals surface area contributed by atoms with Gasteiger partial charge in [0.1, 0.15) is 0 Å². The van der Waals surface area contributed by atoms with E-state index in [1.807, 2.05) is 13.8 Å². The fraction of sp³-hybridized carbons (Fsp3) is 0.769. The van der Waals surface area contributed by atoms with Gasteiger partial charge in [0.25, 0.3) is 0 Å². The number of nitrogens with zero attached hydrogens (tertiary/aromatic N) is 2. The van der Waals surface area contributed by atoms with Crippen LogP contribution in [0.1, 0.15) is 48.5 Å². The predicted molar refractivity (Wildman–Crippen MR) is 69.6 cm³/mol. The van der Waals surface area contributed by atoms with Gasteiger partial charge in [0, 0.05) is 17.9 Å². The minimum absolute atomic E-state index is 0.0241.